The Kier molecular flexibility index (Phi) is 6.45. The first-order valence-corrected chi connectivity index (χ1v) is 13.3. The number of aromatic nitrogens is 3. The number of likely N-dealkylation sites (tertiary alicyclic amines) is 1. The summed E-state index contributed by atoms with van der Waals surface area (Å²) in [7, 11) is 0. The van der Waals surface area contributed by atoms with Crippen LogP contribution >= 0.6 is 15.9 Å². The second kappa shape index (κ2) is 10.2. The third-order valence-electron chi connectivity index (χ3n) is 7.03. The van der Waals surface area contributed by atoms with E-state index in [1.165, 1.54) is 5.56 Å². The molecule has 6 nitrogen and oxygen atoms in total. The second-order valence-electron chi connectivity index (χ2n) is 9.26. The number of amides is 1. The topological polar surface area (TPSA) is 62.5 Å². The molecule has 0 atom stereocenters. The Labute approximate surface area is 224 Å². The van der Waals surface area contributed by atoms with Crippen LogP contribution in [-0.2, 0) is 0 Å². The van der Waals surface area contributed by atoms with Gasteiger partial charge in [0, 0.05) is 30.5 Å². The highest BCUT2D eigenvalue weighted by Gasteiger charge is 2.28. The molecule has 1 fully saturated rings. The number of nitrogens with zero attached hydrogens (tertiary/aromatic N) is 4. The lowest BCUT2D eigenvalue weighted by atomic mass is 9.89. The average molecular weight is 552 g/mol. The molecular weight excluding hydrogens is 526 g/mol. The van der Waals surface area contributed by atoms with Crippen LogP contribution in [0.4, 0.5) is 11.5 Å². The summed E-state index contributed by atoms with van der Waals surface area (Å²) >= 11 is 3.54. The molecule has 1 N–H and O–H groups in total. The number of carbonyl (C=O) groups is 1. The van der Waals surface area contributed by atoms with E-state index in [-0.39, 0.29) is 5.91 Å². The van der Waals surface area contributed by atoms with Crippen LogP contribution in [0, 0.1) is 0 Å². The number of para-hydroxylation sites is 1. The van der Waals surface area contributed by atoms with Gasteiger partial charge in [0.2, 0.25) is 0 Å². The number of anilines is 2. The maximum atomic E-state index is 13.9. The number of fused-ring (bicyclic) bond motifs is 1. The van der Waals surface area contributed by atoms with Crippen molar-refractivity contribution >= 4 is 39.0 Å². The first-order valence-electron chi connectivity index (χ1n) is 12.5. The molecular formula is C30H26BrN5O. The van der Waals surface area contributed by atoms with E-state index >= 15 is 0 Å². The molecule has 1 aliphatic rings. The molecule has 5 aromatic rings. The largest absolute Gasteiger partial charge is 0.339 e. The number of hydrogen-bond acceptors (Lipinski definition) is 4. The molecule has 1 aliphatic heterocycles. The molecule has 0 bridgehead atoms. The molecule has 1 amide bonds. The summed E-state index contributed by atoms with van der Waals surface area (Å²) in [5.41, 5.74) is 5.53. The van der Waals surface area contributed by atoms with Gasteiger partial charge in [-0.05, 0) is 51.9 Å². The van der Waals surface area contributed by atoms with Crippen LogP contribution in [0.15, 0.2) is 102 Å². The normalized spacial score (nSPS) is 14.1. The third-order valence-corrected chi connectivity index (χ3v) is 7.59. The molecule has 1 saturated heterocycles. The van der Waals surface area contributed by atoms with Gasteiger partial charge in [-0.15, -0.1) is 0 Å². The molecule has 37 heavy (non-hydrogen) atoms. The van der Waals surface area contributed by atoms with E-state index in [0.29, 0.717) is 36.0 Å². The van der Waals surface area contributed by atoms with Gasteiger partial charge in [-0.25, -0.2) is 4.98 Å². The van der Waals surface area contributed by atoms with Crippen molar-refractivity contribution in [2.45, 2.75) is 18.8 Å². The monoisotopic (exact) mass is 551 g/mol. The molecule has 0 radical (unpaired) electrons. The van der Waals surface area contributed by atoms with Crippen molar-refractivity contribution in [3.8, 4) is 11.1 Å². The second-order valence-corrected chi connectivity index (χ2v) is 10.1. The number of piperidine rings is 1. The molecule has 3 heterocycles. The SMILES string of the molecule is O=C(c1cnc2c(Br)cnn2c1Nc1ccccc1-c1ccccc1)N1CCC(c2ccccc2)CC1. The van der Waals surface area contributed by atoms with Gasteiger partial charge in [0.1, 0.15) is 11.4 Å². The summed E-state index contributed by atoms with van der Waals surface area (Å²) in [4.78, 5) is 20.4. The Morgan fingerprint density at radius 2 is 1.54 bits per heavy atom. The average Bonchev–Trinajstić information content (AvgIpc) is 3.35. The van der Waals surface area contributed by atoms with Gasteiger partial charge < -0.3 is 10.2 Å². The zero-order chi connectivity index (χ0) is 25.2. The van der Waals surface area contributed by atoms with Gasteiger partial charge in [-0.3, -0.25) is 4.79 Å². The van der Waals surface area contributed by atoms with Crippen molar-refractivity contribution in [1.29, 1.82) is 0 Å². The number of rotatable bonds is 5. The predicted molar refractivity (Wildman–Crippen MR) is 150 cm³/mol. The quantitative estimate of drug-likeness (QED) is 0.257. The molecule has 0 spiro atoms. The van der Waals surface area contributed by atoms with Crippen LogP contribution in [0.3, 0.4) is 0 Å². The summed E-state index contributed by atoms with van der Waals surface area (Å²) in [6.07, 6.45) is 5.26. The van der Waals surface area contributed by atoms with Crippen molar-refractivity contribution in [3.05, 3.63) is 113 Å². The lowest BCUT2D eigenvalue weighted by molar-refractivity contribution is 0.0713. The minimum atomic E-state index is -0.0350. The minimum absolute atomic E-state index is 0.0350. The molecule has 184 valence electrons. The minimum Gasteiger partial charge on any atom is -0.339 e. The van der Waals surface area contributed by atoms with Crippen LogP contribution in [0.2, 0.25) is 0 Å². The van der Waals surface area contributed by atoms with Gasteiger partial charge in [0.15, 0.2) is 5.65 Å². The van der Waals surface area contributed by atoms with E-state index in [4.69, 9.17) is 0 Å². The zero-order valence-electron chi connectivity index (χ0n) is 20.2. The summed E-state index contributed by atoms with van der Waals surface area (Å²) in [6.45, 7) is 1.42. The zero-order valence-corrected chi connectivity index (χ0v) is 21.8. The number of carbonyl (C=O) groups excluding carboxylic acids is 1. The fourth-order valence-corrected chi connectivity index (χ4v) is 5.44. The molecule has 3 aromatic carbocycles. The van der Waals surface area contributed by atoms with Gasteiger partial charge in [0.25, 0.3) is 5.91 Å². The van der Waals surface area contributed by atoms with E-state index < -0.39 is 0 Å². The standard InChI is InChI=1S/C30H26BrN5O/c31-26-20-33-36-28(34-27-14-8-7-13-24(27)23-11-5-2-6-12-23)25(19-32-29(26)36)30(37)35-17-15-22(16-18-35)21-9-3-1-4-10-21/h1-14,19-20,22,34H,15-18H2. The van der Waals surface area contributed by atoms with Gasteiger partial charge in [0.05, 0.1) is 10.7 Å². The van der Waals surface area contributed by atoms with Crippen molar-refractivity contribution in [3.63, 3.8) is 0 Å². The van der Waals surface area contributed by atoms with Gasteiger partial charge in [-0.1, -0.05) is 78.9 Å². The maximum Gasteiger partial charge on any atom is 0.259 e. The Bertz CT molecular complexity index is 1540. The third kappa shape index (κ3) is 4.62. The summed E-state index contributed by atoms with van der Waals surface area (Å²) < 4.78 is 2.48. The number of hydrogen-bond donors (Lipinski definition) is 1. The molecule has 0 aliphatic carbocycles. The Balaban J connectivity index is 1.34. The first kappa shape index (κ1) is 23.4. The van der Waals surface area contributed by atoms with Gasteiger partial charge >= 0.3 is 0 Å². The number of benzene rings is 3. The van der Waals surface area contributed by atoms with Crippen LogP contribution < -0.4 is 5.32 Å². The van der Waals surface area contributed by atoms with Crippen LogP contribution in [0.1, 0.15) is 34.7 Å². The summed E-state index contributed by atoms with van der Waals surface area (Å²) in [5.74, 6) is 1.05. The fourth-order valence-electron chi connectivity index (χ4n) is 5.08. The number of halogens is 1. The Morgan fingerprint density at radius 3 is 2.30 bits per heavy atom. The molecule has 2 aromatic heterocycles. The maximum absolute atomic E-state index is 13.9. The van der Waals surface area contributed by atoms with E-state index in [1.54, 1.807) is 16.9 Å². The van der Waals surface area contributed by atoms with Crippen LogP contribution in [0.25, 0.3) is 16.8 Å². The Hall–Kier alpha value is -3.97. The highest BCUT2D eigenvalue weighted by molar-refractivity contribution is 9.10. The highest BCUT2D eigenvalue weighted by Crippen LogP contribution is 2.34. The lowest BCUT2D eigenvalue weighted by Gasteiger charge is -2.32. The van der Waals surface area contributed by atoms with E-state index in [1.807, 2.05) is 47.4 Å². The van der Waals surface area contributed by atoms with E-state index in [9.17, 15) is 4.79 Å². The van der Waals surface area contributed by atoms with E-state index in [2.05, 4.69) is 73.8 Å². The highest BCUT2D eigenvalue weighted by atomic mass is 79.9. The Morgan fingerprint density at radius 1 is 0.865 bits per heavy atom. The summed E-state index contributed by atoms with van der Waals surface area (Å²) in [6, 6.07) is 28.9. The number of nitrogens with one attached hydrogen (secondary N) is 1. The van der Waals surface area contributed by atoms with Gasteiger partial charge in [-0.2, -0.15) is 9.61 Å². The molecule has 0 unspecified atom stereocenters. The van der Waals surface area contributed by atoms with Crippen LogP contribution in [-0.4, -0.2) is 38.5 Å². The molecule has 7 heteroatoms. The van der Waals surface area contributed by atoms with E-state index in [0.717, 1.165) is 34.1 Å². The van der Waals surface area contributed by atoms with Crippen LogP contribution in [0.5, 0.6) is 0 Å². The first-order chi connectivity index (χ1) is 18.2. The molecule has 0 saturated carbocycles. The fraction of sp³-hybridized carbons (Fsp3) is 0.167. The smallest absolute Gasteiger partial charge is 0.259 e. The van der Waals surface area contributed by atoms with Crippen molar-refractivity contribution in [2.24, 2.45) is 0 Å². The lowest BCUT2D eigenvalue weighted by Crippen LogP contribution is -2.38. The van der Waals surface area contributed by atoms with Crippen molar-refractivity contribution in [2.75, 3.05) is 18.4 Å². The summed E-state index contributed by atoms with van der Waals surface area (Å²) in [5, 5.41) is 8.07. The van der Waals surface area contributed by atoms with Crippen molar-refractivity contribution < 1.29 is 4.79 Å². The molecule has 6 rings (SSSR count). The predicted octanol–water partition coefficient (Wildman–Crippen LogP) is 6.92. The van der Waals surface area contributed by atoms with Crippen molar-refractivity contribution in [1.82, 2.24) is 19.5 Å².